The number of benzene rings is 2. The molecule has 0 unspecified atom stereocenters. The zero-order chi connectivity index (χ0) is 15.6. The monoisotopic (exact) mass is 341 g/mol. The Bertz CT molecular complexity index is 810. The van der Waals surface area contributed by atoms with Crippen molar-refractivity contribution in [2.45, 2.75) is 6.61 Å². The van der Waals surface area contributed by atoms with Crippen LogP contribution in [0.15, 0.2) is 60.7 Å². The molecule has 0 radical (unpaired) electrons. The quantitative estimate of drug-likeness (QED) is 0.657. The Morgan fingerprint density at radius 3 is 2.35 bits per heavy atom. The molecule has 0 bridgehead atoms. The maximum absolute atomic E-state index is 12.9. The standard InChI is InChI=1S/C16H12BF3NO.K/c18-17(19,20)14-6-2-4-8-16(14)22-11-13-10-9-12-5-1-3-7-15(12)21-13;/h1-10H,11H2;/q-1;+1. The first-order chi connectivity index (χ1) is 10.5. The molecule has 3 aromatic rings. The number of halogens is 3. The molecule has 112 valence electrons. The van der Waals surface area contributed by atoms with Crippen molar-refractivity contribution >= 4 is 23.3 Å². The minimum absolute atomic E-state index is 0. The number of hydrogen-bond acceptors (Lipinski definition) is 2. The summed E-state index contributed by atoms with van der Waals surface area (Å²) in [6.45, 7) is -5.10. The number of nitrogens with zero attached hydrogens (tertiary/aromatic N) is 1. The van der Waals surface area contributed by atoms with Crippen molar-refractivity contribution in [2.75, 3.05) is 0 Å². The Balaban J connectivity index is 0.00000192. The van der Waals surface area contributed by atoms with Crippen molar-refractivity contribution in [3.8, 4) is 5.75 Å². The molecule has 0 amide bonds. The first kappa shape index (κ1) is 18.5. The number of aromatic nitrogens is 1. The largest absolute Gasteiger partial charge is 1.00 e. The topological polar surface area (TPSA) is 22.1 Å². The van der Waals surface area contributed by atoms with E-state index in [1.807, 2.05) is 30.3 Å². The SMILES string of the molecule is F[B-](F)(F)c1ccccc1OCc1ccc2ccccc2n1.[K+]. The van der Waals surface area contributed by atoms with E-state index in [0.29, 0.717) is 5.69 Å². The summed E-state index contributed by atoms with van der Waals surface area (Å²) in [5, 5.41) is 0.977. The molecule has 3 rings (SSSR count). The van der Waals surface area contributed by atoms with Gasteiger partial charge >= 0.3 is 58.4 Å². The zero-order valence-corrected chi connectivity index (χ0v) is 15.7. The van der Waals surface area contributed by atoms with E-state index in [9.17, 15) is 12.9 Å². The van der Waals surface area contributed by atoms with Crippen LogP contribution in [0.2, 0.25) is 0 Å². The normalized spacial score (nSPS) is 11.1. The molecule has 2 aromatic carbocycles. The second-order valence-electron chi connectivity index (χ2n) is 4.90. The molecule has 23 heavy (non-hydrogen) atoms. The van der Waals surface area contributed by atoms with Crippen LogP contribution in [0.25, 0.3) is 10.9 Å². The number of ether oxygens (including phenoxy) is 1. The Morgan fingerprint density at radius 2 is 1.57 bits per heavy atom. The van der Waals surface area contributed by atoms with Crippen LogP contribution in [0, 0.1) is 0 Å². The van der Waals surface area contributed by atoms with E-state index in [4.69, 9.17) is 4.74 Å². The van der Waals surface area contributed by atoms with Gasteiger partial charge < -0.3 is 17.7 Å². The van der Waals surface area contributed by atoms with Crippen molar-refractivity contribution < 1.29 is 69.1 Å². The molecule has 0 aliphatic rings. The molecule has 0 fully saturated rings. The van der Waals surface area contributed by atoms with Gasteiger partial charge in [0.25, 0.3) is 0 Å². The van der Waals surface area contributed by atoms with Crippen molar-refractivity contribution in [3.05, 3.63) is 66.4 Å². The van der Waals surface area contributed by atoms with E-state index in [-0.39, 0.29) is 63.7 Å². The first-order valence-corrected chi connectivity index (χ1v) is 6.80. The number of pyridine rings is 1. The van der Waals surface area contributed by atoms with Gasteiger partial charge in [-0.05, 0) is 18.2 Å². The summed E-state index contributed by atoms with van der Waals surface area (Å²) in [5.74, 6) is -0.162. The van der Waals surface area contributed by atoms with Gasteiger partial charge in [-0.15, -0.1) is 0 Å². The number of fused-ring (bicyclic) bond motifs is 1. The van der Waals surface area contributed by atoms with E-state index in [1.165, 1.54) is 18.2 Å². The van der Waals surface area contributed by atoms with Crippen LogP contribution in [-0.4, -0.2) is 12.0 Å². The van der Waals surface area contributed by atoms with Crippen LogP contribution >= 0.6 is 0 Å². The van der Waals surface area contributed by atoms with Gasteiger partial charge in [0, 0.05) is 5.39 Å². The van der Waals surface area contributed by atoms with Crippen LogP contribution in [0.5, 0.6) is 5.75 Å². The third-order valence-electron chi connectivity index (χ3n) is 3.30. The Morgan fingerprint density at radius 1 is 0.870 bits per heavy atom. The minimum Gasteiger partial charge on any atom is -0.490 e. The maximum Gasteiger partial charge on any atom is 1.00 e. The van der Waals surface area contributed by atoms with Gasteiger partial charge in [-0.25, -0.2) is 4.98 Å². The van der Waals surface area contributed by atoms with Crippen LogP contribution in [0.1, 0.15) is 5.69 Å². The smallest absolute Gasteiger partial charge is 0.490 e. The average molecular weight is 341 g/mol. The summed E-state index contributed by atoms with van der Waals surface area (Å²) in [6.07, 6.45) is 0. The van der Waals surface area contributed by atoms with E-state index in [0.717, 1.165) is 17.0 Å². The van der Waals surface area contributed by atoms with Crippen molar-refractivity contribution in [2.24, 2.45) is 0 Å². The summed E-state index contributed by atoms with van der Waals surface area (Å²) in [5.41, 5.74) is 0.656. The predicted octanol–water partition coefficient (Wildman–Crippen LogP) is 0.872. The number of rotatable bonds is 4. The second kappa shape index (κ2) is 7.81. The average Bonchev–Trinajstić information content (AvgIpc) is 2.52. The van der Waals surface area contributed by atoms with Crippen LogP contribution in [0.4, 0.5) is 12.9 Å². The fourth-order valence-corrected chi connectivity index (χ4v) is 2.22. The molecular formula is C16H12BF3KNO. The summed E-state index contributed by atoms with van der Waals surface area (Å²) >= 11 is 0. The van der Waals surface area contributed by atoms with Gasteiger partial charge in [0.05, 0.1) is 17.0 Å². The molecule has 0 spiro atoms. The zero-order valence-electron chi connectivity index (χ0n) is 12.5. The molecule has 0 saturated carbocycles. The van der Waals surface area contributed by atoms with E-state index >= 15 is 0 Å². The molecule has 7 heteroatoms. The van der Waals surface area contributed by atoms with Crippen molar-refractivity contribution in [3.63, 3.8) is 0 Å². The third-order valence-corrected chi connectivity index (χ3v) is 3.30. The minimum atomic E-state index is -5.10. The summed E-state index contributed by atoms with van der Waals surface area (Å²) in [4.78, 5) is 4.38. The van der Waals surface area contributed by atoms with E-state index in [1.54, 1.807) is 6.07 Å². The second-order valence-corrected chi connectivity index (χ2v) is 4.90. The van der Waals surface area contributed by atoms with Gasteiger partial charge in [-0.3, -0.25) is 0 Å². The predicted molar refractivity (Wildman–Crippen MR) is 81.2 cm³/mol. The van der Waals surface area contributed by atoms with Gasteiger partial charge in [0.15, 0.2) is 0 Å². The Hall–Kier alpha value is -0.859. The molecule has 1 heterocycles. The van der Waals surface area contributed by atoms with Crippen molar-refractivity contribution in [1.29, 1.82) is 0 Å². The third kappa shape index (κ3) is 4.58. The van der Waals surface area contributed by atoms with E-state index < -0.39 is 12.4 Å². The fourth-order valence-electron chi connectivity index (χ4n) is 2.22. The first-order valence-electron chi connectivity index (χ1n) is 6.80. The molecule has 0 N–H and O–H groups in total. The summed E-state index contributed by atoms with van der Waals surface area (Å²) in [6, 6.07) is 16.4. The summed E-state index contributed by atoms with van der Waals surface area (Å²) < 4.78 is 44.2. The molecule has 1 aromatic heterocycles. The molecule has 0 atom stereocenters. The van der Waals surface area contributed by atoms with Crippen LogP contribution < -0.4 is 61.6 Å². The van der Waals surface area contributed by atoms with Crippen LogP contribution in [0.3, 0.4) is 0 Å². The Labute approximate surface area is 174 Å². The number of para-hydroxylation sites is 2. The van der Waals surface area contributed by atoms with E-state index in [2.05, 4.69) is 4.98 Å². The van der Waals surface area contributed by atoms with Crippen LogP contribution in [-0.2, 0) is 6.61 Å². The van der Waals surface area contributed by atoms with Gasteiger partial charge in [-0.1, -0.05) is 47.9 Å². The van der Waals surface area contributed by atoms with Gasteiger partial charge in [0.2, 0.25) is 0 Å². The fraction of sp³-hybridized carbons (Fsp3) is 0.0625. The number of hydrogen-bond donors (Lipinski definition) is 0. The molecule has 2 nitrogen and oxygen atoms in total. The molecule has 0 aliphatic carbocycles. The maximum atomic E-state index is 12.9. The Kier molecular flexibility index (Phi) is 6.27. The summed E-state index contributed by atoms with van der Waals surface area (Å²) in [7, 11) is 0. The van der Waals surface area contributed by atoms with Gasteiger partial charge in [0.1, 0.15) is 6.61 Å². The molecular weight excluding hydrogens is 329 g/mol. The molecule has 0 saturated heterocycles. The van der Waals surface area contributed by atoms with Gasteiger partial charge in [-0.2, -0.15) is 0 Å². The van der Waals surface area contributed by atoms with Crippen molar-refractivity contribution in [1.82, 2.24) is 4.98 Å². The molecule has 0 aliphatic heterocycles.